The maximum absolute atomic E-state index is 13.0. The number of fused-ring (bicyclic) bond motifs is 1. The molecule has 0 radical (unpaired) electrons. The molecule has 35 heavy (non-hydrogen) atoms. The lowest BCUT2D eigenvalue weighted by Crippen LogP contribution is -2.23. The van der Waals surface area contributed by atoms with Crippen LogP contribution in [-0.2, 0) is 27.9 Å². The highest BCUT2D eigenvalue weighted by Gasteiger charge is 2.23. The number of rotatable bonds is 9. The van der Waals surface area contributed by atoms with Gasteiger partial charge in [0.2, 0.25) is 5.91 Å². The van der Waals surface area contributed by atoms with Gasteiger partial charge in [-0.05, 0) is 42.3 Å². The minimum absolute atomic E-state index is 0.00263. The van der Waals surface area contributed by atoms with Crippen LogP contribution in [0.25, 0.3) is 11.0 Å². The zero-order chi connectivity index (χ0) is 25.2. The van der Waals surface area contributed by atoms with Crippen molar-refractivity contribution < 1.29 is 22.5 Å². The van der Waals surface area contributed by atoms with Gasteiger partial charge >= 0.3 is 0 Å². The second-order valence-electron chi connectivity index (χ2n) is 8.02. The topological polar surface area (TPSA) is 120 Å². The van der Waals surface area contributed by atoms with Gasteiger partial charge in [-0.3, -0.25) is 14.2 Å². The summed E-state index contributed by atoms with van der Waals surface area (Å²) in [4.78, 5) is 13.2. The van der Waals surface area contributed by atoms with Crippen LogP contribution in [0.2, 0.25) is 0 Å². The van der Waals surface area contributed by atoms with Gasteiger partial charge in [-0.2, -0.15) is 5.10 Å². The molecule has 2 aromatic heterocycles. The van der Waals surface area contributed by atoms with E-state index in [0.717, 1.165) is 16.7 Å². The molecule has 0 atom stereocenters. The number of methoxy groups -OCH3 is 1. The predicted octanol–water partition coefficient (Wildman–Crippen LogP) is 3.33. The molecule has 0 aliphatic carbocycles. The average molecular weight is 496 g/mol. The van der Waals surface area contributed by atoms with Crippen LogP contribution in [0, 0.1) is 6.92 Å². The number of likely N-dealkylation sites (N-methyl/N-ethyl adjacent to an activating group) is 1. The number of para-hydroxylation sites is 1. The van der Waals surface area contributed by atoms with Gasteiger partial charge in [0.25, 0.3) is 10.0 Å². The largest absolute Gasteiger partial charge is 0.495 e. The van der Waals surface area contributed by atoms with E-state index in [4.69, 9.17) is 9.26 Å². The zero-order valence-electron chi connectivity index (χ0n) is 19.6. The SMILES string of the molecule is C=CC(=O)N(C)Cc1cnn(Cc2cc(C)c3c(NS(=O)(=O)c4ccccc4OC)noc3c2)c1. The van der Waals surface area contributed by atoms with Crippen LogP contribution in [-0.4, -0.2) is 48.3 Å². The van der Waals surface area contributed by atoms with E-state index in [1.807, 2.05) is 19.2 Å². The van der Waals surface area contributed by atoms with Crippen LogP contribution >= 0.6 is 0 Å². The monoisotopic (exact) mass is 495 g/mol. The first-order chi connectivity index (χ1) is 16.7. The third-order valence-electron chi connectivity index (χ3n) is 5.42. The Kier molecular flexibility index (Phi) is 6.61. The predicted molar refractivity (Wildman–Crippen MR) is 131 cm³/mol. The molecule has 0 bridgehead atoms. The van der Waals surface area contributed by atoms with Gasteiger partial charge in [0.05, 0.1) is 25.2 Å². The highest BCUT2D eigenvalue weighted by Crippen LogP contribution is 2.31. The number of hydrogen-bond acceptors (Lipinski definition) is 7. The molecular weight excluding hydrogens is 470 g/mol. The first-order valence-corrected chi connectivity index (χ1v) is 12.1. The summed E-state index contributed by atoms with van der Waals surface area (Å²) in [6, 6.07) is 10.1. The van der Waals surface area contributed by atoms with E-state index in [1.165, 1.54) is 19.3 Å². The second kappa shape index (κ2) is 9.63. The van der Waals surface area contributed by atoms with Crippen molar-refractivity contribution in [2.45, 2.75) is 24.9 Å². The van der Waals surface area contributed by atoms with E-state index in [1.54, 1.807) is 47.1 Å². The van der Waals surface area contributed by atoms with E-state index in [2.05, 4.69) is 21.6 Å². The van der Waals surface area contributed by atoms with E-state index in [-0.39, 0.29) is 22.4 Å². The third kappa shape index (κ3) is 5.04. The van der Waals surface area contributed by atoms with Crippen molar-refractivity contribution >= 4 is 32.7 Å². The van der Waals surface area contributed by atoms with E-state index < -0.39 is 10.0 Å². The number of nitrogens with zero attached hydrogens (tertiary/aromatic N) is 4. The minimum atomic E-state index is -3.95. The summed E-state index contributed by atoms with van der Waals surface area (Å²) in [6.45, 7) is 6.22. The molecule has 0 aliphatic heterocycles. The number of sulfonamides is 1. The lowest BCUT2D eigenvalue weighted by atomic mass is 10.1. The van der Waals surface area contributed by atoms with Crippen molar-refractivity contribution in [2.24, 2.45) is 0 Å². The fourth-order valence-corrected chi connectivity index (χ4v) is 4.97. The Bertz CT molecular complexity index is 1510. The molecule has 0 fully saturated rings. The molecule has 0 unspecified atom stereocenters. The molecule has 11 heteroatoms. The maximum Gasteiger partial charge on any atom is 0.266 e. The number of carbonyl (C=O) groups excluding carboxylic acids is 1. The van der Waals surface area contributed by atoms with Gasteiger partial charge < -0.3 is 14.2 Å². The number of hydrogen-bond donors (Lipinski definition) is 1. The third-order valence-corrected chi connectivity index (χ3v) is 6.80. The number of anilines is 1. The van der Waals surface area contributed by atoms with Crippen LogP contribution in [0.15, 0.2) is 70.9 Å². The summed E-state index contributed by atoms with van der Waals surface area (Å²) >= 11 is 0. The normalized spacial score (nSPS) is 11.4. The van der Waals surface area contributed by atoms with Crippen LogP contribution in [0.1, 0.15) is 16.7 Å². The average Bonchev–Trinajstić information content (AvgIpc) is 3.44. The summed E-state index contributed by atoms with van der Waals surface area (Å²) in [5.74, 6) is 0.165. The number of aromatic nitrogens is 3. The molecule has 2 heterocycles. The lowest BCUT2D eigenvalue weighted by Gasteiger charge is -2.13. The van der Waals surface area contributed by atoms with E-state index in [9.17, 15) is 13.2 Å². The summed E-state index contributed by atoms with van der Waals surface area (Å²) in [6.07, 6.45) is 4.83. The molecule has 1 amide bonds. The standard InChI is InChI=1S/C24H25N5O5S/c1-5-22(30)28(3)13-18-12-25-29(15-18)14-17-10-16(2)23-20(11-17)34-26-24(23)27-35(31,32)21-9-7-6-8-19(21)33-4/h5-12,15H,1,13-14H2,2-4H3,(H,26,27). The quantitative estimate of drug-likeness (QED) is 0.354. The first-order valence-electron chi connectivity index (χ1n) is 10.7. The molecule has 182 valence electrons. The fourth-order valence-electron chi connectivity index (χ4n) is 3.80. The number of ether oxygens (including phenoxy) is 1. The van der Waals surface area contributed by atoms with Gasteiger partial charge in [-0.15, -0.1) is 0 Å². The molecule has 10 nitrogen and oxygen atoms in total. The Morgan fingerprint density at radius 2 is 2.06 bits per heavy atom. The Labute approximate surface area is 202 Å². The summed E-state index contributed by atoms with van der Waals surface area (Å²) in [5.41, 5.74) is 3.02. The Morgan fingerprint density at radius 1 is 1.29 bits per heavy atom. The van der Waals surface area contributed by atoms with Gasteiger partial charge in [0, 0.05) is 25.4 Å². The Hall–Kier alpha value is -4.12. The summed E-state index contributed by atoms with van der Waals surface area (Å²) < 4.78 is 40.8. The minimum Gasteiger partial charge on any atom is -0.495 e. The smallest absolute Gasteiger partial charge is 0.266 e. The molecule has 0 spiro atoms. The van der Waals surface area contributed by atoms with Gasteiger partial charge in [-0.25, -0.2) is 8.42 Å². The number of nitrogens with one attached hydrogen (secondary N) is 1. The van der Waals surface area contributed by atoms with E-state index in [0.29, 0.717) is 24.1 Å². The number of benzene rings is 2. The first kappa shape index (κ1) is 24.0. The van der Waals surface area contributed by atoms with Crippen molar-refractivity contribution in [2.75, 3.05) is 18.9 Å². The summed E-state index contributed by atoms with van der Waals surface area (Å²) in [5, 5.41) is 8.89. The van der Waals surface area contributed by atoms with Crippen LogP contribution in [0.5, 0.6) is 5.75 Å². The Balaban J connectivity index is 1.56. The molecule has 1 N–H and O–H groups in total. The summed E-state index contributed by atoms with van der Waals surface area (Å²) in [7, 11) is -0.847. The zero-order valence-corrected chi connectivity index (χ0v) is 20.4. The molecule has 2 aromatic carbocycles. The van der Waals surface area contributed by atoms with E-state index >= 15 is 0 Å². The molecule has 0 saturated carbocycles. The molecule has 0 saturated heterocycles. The molecule has 4 aromatic rings. The van der Waals surface area contributed by atoms with Crippen molar-refractivity contribution in [3.63, 3.8) is 0 Å². The van der Waals surface area contributed by atoms with Gasteiger partial charge in [-0.1, -0.05) is 29.9 Å². The fraction of sp³-hybridized carbons (Fsp3) is 0.208. The van der Waals surface area contributed by atoms with Crippen LogP contribution in [0.4, 0.5) is 5.82 Å². The van der Waals surface area contributed by atoms with Crippen LogP contribution < -0.4 is 9.46 Å². The maximum atomic E-state index is 13.0. The Morgan fingerprint density at radius 3 is 2.80 bits per heavy atom. The lowest BCUT2D eigenvalue weighted by molar-refractivity contribution is -0.125. The van der Waals surface area contributed by atoms with Crippen molar-refractivity contribution in [1.82, 2.24) is 19.8 Å². The number of carbonyl (C=O) groups is 1. The molecule has 4 rings (SSSR count). The van der Waals surface area contributed by atoms with Crippen molar-refractivity contribution in [1.29, 1.82) is 0 Å². The highest BCUT2D eigenvalue weighted by molar-refractivity contribution is 7.92. The van der Waals surface area contributed by atoms with Gasteiger partial charge in [0.1, 0.15) is 10.6 Å². The molecular formula is C24H25N5O5S. The van der Waals surface area contributed by atoms with Crippen molar-refractivity contribution in [3.05, 3.63) is 78.1 Å². The second-order valence-corrected chi connectivity index (χ2v) is 9.67. The van der Waals surface area contributed by atoms with Crippen LogP contribution in [0.3, 0.4) is 0 Å². The van der Waals surface area contributed by atoms with Gasteiger partial charge in [0.15, 0.2) is 11.4 Å². The molecule has 0 aliphatic rings. The number of aryl methyl sites for hydroxylation is 1. The highest BCUT2D eigenvalue weighted by atomic mass is 32.2. The van der Waals surface area contributed by atoms with Crippen molar-refractivity contribution in [3.8, 4) is 5.75 Å². The number of amides is 1.